The summed E-state index contributed by atoms with van der Waals surface area (Å²) in [4.78, 5) is 2.37. The van der Waals surface area contributed by atoms with Gasteiger partial charge in [0.05, 0.1) is 5.69 Å². The van der Waals surface area contributed by atoms with Crippen LogP contribution in [-0.2, 0) is 0 Å². The minimum absolute atomic E-state index is 0.116. The number of hydrogen-bond acceptors (Lipinski definition) is 2. The van der Waals surface area contributed by atoms with Gasteiger partial charge in [0.15, 0.2) is 5.58 Å². The lowest BCUT2D eigenvalue weighted by molar-refractivity contribution is 0.170. The minimum Gasteiger partial charge on any atom is -0.454 e. The van der Waals surface area contributed by atoms with Gasteiger partial charge in [-0.15, -0.1) is 0 Å². The smallest absolute Gasteiger partial charge is 0.158 e. The second kappa shape index (κ2) is 5.77. The van der Waals surface area contributed by atoms with Gasteiger partial charge in [-0.1, -0.05) is 49.6 Å². The lowest BCUT2D eigenvalue weighted by Gasteiger charge is -2.41. The Bertz CT molecular complexity index is 1090. The van der Waals surface area contributed by atoms with Crippen LogP contribution in [0.2, 0.25) is 0 Å². The van der Waals surface area contributed by atoms with E-state index in [4.69, 9.17) is 4.42 Å². The maximum absolute atomic E-state index is 9.32. The highest BCUT2D eigenvalue weighted by molar-refractivity contribution is 6.09. The van der Waals surface area contributed by atoms with Gasteiger partial charge in [-0.05, 0) is 64.0 Å². The van der Waals surface area contributed by atoms with Crippen molar-refractivity contribution in [2.45, 2.75) is 77.8 Å². The number of furan rings is 1. The van der Waals surface area contributed by atoms with Crippen LogP contribution in [0.1, 0.15) is 67.6 Å². The molecule has 0 bridgehead atoms. The van der Waals surface area contributed by atoms with Crippen molar-refractivity contribution in [3.05, 3.63) is 42.0 Å². The standard InChI is InChI=1S/C25H31NO/c1-17-12-13-20-19-10-6-7-11-21(19)27-23(20)22(17)26-18(2)25(16-24(26,3)4)14-8-5-9-15-25/h6-7,10-13,18H,5,8-9,14-16H2,1-4H3/i16D2. The molecule has 0 N–H and O–H groups in total. The molecule has 1 unspecified atom stereocenters. The zero-order valence-electron chi connectivity index (χ0n) is 18.9. The van der Waals surface area contributed by atoms with Crippen LogP contribution in [0.4, 0.5) is 5.69 Å². The average molecular weight is 364 g/mol. The molecule has 1 aliphatic carbocycles. The fourth-order valence-corrected chi connectivity index (χ4v) is 5.88. The zero-order chi connectivity index (χ0) is 20.6. The number of rotatable bonds is 1. The topological polar surface area (TPSA) is 16.4 Å². The summed E-state index contributed by atoms with van der Waals surface area (Å²) < 4.78 is 25.0. The van der Waals surface area contributed by atoms with Gasteiger partial charge in [0.2, 0.25) is 0 Å². The van der Waals surface area contributed by atoms with Crippen molar-refractivity contribution in [2.75, 3.05) is 4.90 Å². The third-order valence-electron chi connectivity index (χ3n) is 7.05. The Labute approximate surface area is 165 Å². The fourth-order valence-electron chi connectivity index (χ4n) is 5.88. The van der Waals surface area contributed by atoms with Crippen LogP contribution in [0.25, 0.3) is 21.9 Å². The summed E-state index contributed by atoms with van der Waals surface area (Å²) in [5, 5.41) is 2.25. The predicted molar refractivity (Wildman–Crippen MR) is 115 cm³/mol. The molecule has 2 fully saturated rings. The van der Waals surface area contributed by atoms with E-state index in [-0.39, 0.29) is 11.5 Å². The molecule has 2 aromatic carbocycles. The molecular formula is C25H31NO. The Morgan fingerprint density at radius 1 is 1.04 bits per heavy atom. The zero-order valence-corrected chi connectivity index (χ0v) is 16.9. The normalized spacial score (nSPS) is 27.3. The van der Waals surface area contributed by atoms with Gasteiger partial charge < -0.3 is 9.32 Å². The van der Waals surface area contributed by atoms with Crippen LogP contribution in [0, 0.1) is 12.3 Å². The molecule has 2 heteroatoms. The third kappa shape index (κ3) is 2.38. The van der Waals surface area contributed by atoms with Crippen LogP contribution in [0.3, 0.4) is 0 Å². The Kier molecular flexibility index (Phi) is 3.21. The molecule has 1 saturated heterocycles. The summed E-state index contributed by atoms with van der Waals surface area (Å²) in [5.41, 5.74) is 3.09. The number of para-hydroxylation sites is 1. The van der Waals surface area contributed by atoms with Gasteiger partial charge in [0.25, 0.3) is 0 Å². The van der Waals surface area contributed by atoms with Crippen molar-refractivity contribution in [1.82, 2.24) is 0 Å². The van der Waals surface area contributed by atoms with Crippen LogP contribution in [0.5, 0.6) is 0 Å². The summed E-state index contributed by atoms with van der Waals surface area (Å²) >= 11 is 0. The largest absolute Gasteiger partial charge is 0.454 e. The summed E-state index contributed by atoms with van der Waals surface area (Å²) in [6.07, 6.45) is 4.14. The molecule has 0 radical (unpaired) electrons. The van der Waals surface area contributed by atoms with Gasteiger partial charge in [-0.2, -0.15) is 0 Å². The molecule has 1 spiro atoms. The maximum atomic E-state index is 9.32. The van der Waals surface area contributed by atoms with E-state index in [0.29, 0.717) is 0 Å². The van der Waals surface area contributed by atoms with E-state index in [0.717, 1.165) is 58.9 Å². The molecule has 2 nitrogen and oxygen atoms in total. The monoisotopic (exact) mass is 363 g/mol. The first-order valence-corrected chi connectivity index (χ1v) is 10.4. The van der Waals surface area contributed by atoms with Gasteiger partial charge in [-0.3, -0.25) is 0 Å². The molecule has 0 amide bonds. The molecule has 3 aromatic rings. The van der Waals surface area contributed by atoms with Crippen molar-refractivity contribution in [3.8, 4) is 0 Å². The minimum atomic E-state index is -1.28. The molecule has 1 saturated carbocycles. The highest BCUT2D eigenvalue weighted by Crippen LogP contribution is 2.57. The summed E-state index contributed by atoms with van der Waals surface area (Å²) in [7, 11) is 0. The van der Waals surface area contributed by atoms with Crippen LogP contribution in [-0.4, -0.2) is 11.6 Å². The van der Waals surface area contributed by atoms with E-state index in [1.807, 2.05) is 12.1 Å². The quantitative estimate of drug-likeness (QED) is 0.453. The molecule has 27 heavy (non-hydrogen) atoms. The SMILES string of the molecule is [2H]C1([2H])C2(CCCCC2)C(C)N(c2c(C)ccc3c2oc2ccccc23)C1(C)C. The van der Waals surface area contributed by atoms with E-state index >= 15 is 0 Å². The lowest BCUT2D eigenvalue weighted by atomic mass is 9.68. The van der Waals surface area contributed by atoms with E-state index in [2.05, 4.69) is 56.9 Å². The van der Waals surface area contributed by atoms with Gasteiger partial charge in [0, 0.05) is 25.1 Å². The maximum Gasteiger partial charge on any atom is 0.158 e. The average Bonchev–Trinajstić information content (AvgIpc) is 3.12. The number of benzene rings is 2. The van der Waals surface area contributed by atoms with E-state index in [9.17, 15) is 2.74 Å². The molecule has 1 aliphatic heterocycles. The first-order valence-electron chi connectivity index (χ1n) is 11.4. The van der Waals surface area contributed by atoms with Crippen LogP contribution >= 0.6 is 0 Å². The van der Waals surface area contributed by atoms with Gasteiger partial charge >= 0.3 is 0 Å². The number of anilines is 1. The van der Waals surface area contributed by atoms with E-state index < -0.39 is 11.9 Å². The predicted octanol–water partition coefficient (Wildman–Crippen LogP) is 7.22. The first-order chi connectivity index (χ1) is 13.7. The number of fused-ring (bicyclic) bond motifs is 3. The van der Waals surface area contributed by atoms with Crippen molar-refractivity contribution in [1.29, 1.82) is 0 Å². The second-order valence-corrected chi connectivity index (χ2v) is 9.15. The second-order valence-electron chi connectivity index (χ2n) is 9.15. The van der Waals surface area contributed by atoms with E-state index in [1.165, 1.54) is 6.42 Å². The Hall–Kier alpha value is -1.96. The number of hydrogen-bond donors (Lipinski definition) is 0. The number of aryl methyl sites for hydroxylation is 1. The molecule has 2 heterocycles. The summed E-state index contributed by atoms with van der Waals surface area (Å²) in [6, 6.07) is 12.6. The molecule has 142 valence electrons. The molecule has 2 aliphatic rings. The van der Waals surface area contributed by atoms with Crippen molar-refractivity contribution in [2.24, 2.45) is 5.41 Å². The number of nitrogens with zero attached hydrogens (tertiary/aromatic N) is 1. The Morgan fingerprint density at radius 3 is 2.56 bits per heavy atom. The first kappa shape index (κ1) is 15.0. The Morgan fingerprint density at radius 2 is 1.78 bits per heavy atom. The van der Waals surface area contributed by atoms with Gasteiger partial charge in [0.1, 0.15) is 5.58 Å². The highest BCUT2D eigenvalue weighted by Gasteiger charge is 2.54. The fraction of sp³-hybridized carbons (Fsp3) is 0.520. The highest BCUT2D eigenvalue weighted by atomic mass is 16.3. The lowest BCUT2D eigenvalue weighted by Crippen LogP contribution is -2.44. The van der Waals surface area contributed by atoms with Crippen molar-refractivity contribution < 1.29 is 7.16 Å². The molecular weight excluding hydrogens is 330 g/mol. The van der Waals surface area contributed by atoms with Crippen molar-refractivity contribution in [3.63, 3.8) is 0 Å². The van der Waals surface area contributed by atoms with Crippen LogP contribution in [0.15, 0.2) is 40.8 Å². The summed E-state index contributed by atoms with van der Waals surface area (Å²) in [6.45, 7) is 8.56. The molecule has 1 atom stereocenters. The van der Waals surface area contributed by atoms with Gasteiger partial charge in [-0.25, -0.2) is 0 Å². The summed E-state index contributed by atoms with van der Waals surface area (Å²) in [5.74, 6) is 0. The van der Waals surface area contributed by atoms with Crippen LogP contribution < -0.4 is 4.90 Å². The molecule has 5 rings (SSSR count). The van der Waals surface area contributed by atoms with E-state index in [1.54, 1.807) is 0 Å². The molecule has 1 aromatic heterocycles. The third-order valence-corrected chi connectivity index (χ3v) is 7.05. The Balaban J connectivity index is 1.79. The van der Waals surface area contributed by atoms with Crippen molar-refractivity contribution >= 4 is 27.6 Å².